The lowest BCUT2D eigenvalue weighted by molar-refractivity contribution is -0.385. The van der Waals surface area contributed by atoms with Crippen LogP contribution in [0.5, 0.6) is 0 Å². The van der Waals surface area contributed by atoms with Gasteiger partial charge in [0, 0.05) is 5.54 Å². The highest BCUT2D eigenvalue weighted by Crippen LogP contribution is 2.33. The van der Waals surface area contributed by atoms with Gasteiger partial charge >= 0.3 is 5.69 Å². The summed E-state index contributed by atoms with van der Waals surface area (Å²) in [6.07, 6.45) is 0.811. The van der Waals surface area contributed by atoms with Gasteiger partial charge in [0.25, 0.3) is 0 Å². The number of nitrogen functional groups attached to an aromatic ring is 1. The number of nitrogens with zero attached hydrogens (tertiary/aromatic N) is 3. The van der Waals surface area contributed by atoms with E-state index in [1.165, 1.54) is 0 Å². The number of nitrogens with one attached hydrogen (secondary N) is 2. The zero-order chi connectivity index (χ0) is 16.4. The summed E-state index contributed by atoms with van der Waals surface area (Å²) in [5.74, 6) is 5.63. The van der Waals surface area contributed by atoms with Crippen molar-refractivity contribution in [2.24, 2.45) is 11.3 Å². The van der Waals surface area contributed by atoms with Crippen LogP contribution in [-0.4, -0.2) is 20.4 Å². The number of nitrogens with two attached hydrogens (primary N) is 1. The van der Waals surface area contributed by atoms with Gasteiger partial charge in [-0.1, -0.05) is 20.8 Å². The molecule has 0 saturated heterocycles. The molecular formula is C13H24N6O2. The van der Waals surface area contributed by atoms with Gasteiger partial charge in [-0.3, -0.25) is 15.5 Å². The number of anilines is 2. The lowest BCUT2D eigenvalue weighted by Gasteiger charge is -2.33. The fraction of sp³-hybridized carbons (Fsp3) is 0.692. The first kappa shape index (κ1) is 17.1. The molecule has 0 saturated carbocycles. The molecule has 1 aromatic rings. The van der Waals surface area contributed by atoms with Crippen molar-refractivity contribution < 1.29 is 4.92 Å². The van der Waals surface area contributed by atoms with Crippen molar-refractivity contribution in [3.05, 3.63) is 15.8 Å². The highest BCUT2D eigenvalue weighted by atomic mass is 16.6. The number of hydrogen-bond donors (Lipinski definition) is 3. The van der Waals surface area contributed by atoms with Gasteiger partial charge < -0.3 is 5.32 Å². The summed E-state index contributed by atoms with van der Waals surface area (Å²) < 4.78 is 0. The standard InChI is InChI=1S/C13H24N6O2/c1-8-9(19(20)21)10(16-11(15-8)18-14)17-13(5,6)7-12(2,3)4/h7,14H2,1-6H3,(H2,15,16,17,18). The fourth-order valence-corrected chi connectivity index (χ4v) is 2.63. The van der Waals surface area contributed by atoms with E-state index in [0.29, 0.717) is 0 Å². The summed E-state index contributed by atoms with van der Waals surface area (Å²) >= 11 is 0. The topological polar surface area (TPSA) is 119 Å². The van der Waals surface area contributed by atoms with Crippen LogP contribution in [0.2, 0.25) is 0 Å². The van der Waals surface area contributed by atoms with Crippen LogP contribution >= 0.6 is 0 Å². The molecule has 0 aliphatic carbocycles. The molecular weight excluding hydrogens is 272 g/mol. The molecule has 0 unspecified atom stereocenters. The third kappa shape index (κ3) is 4.82. The number of hydrogen-bond acceptors (Lipinski definition) is 7. The van der Waals surface area contributed by atoms with Gasteiger partial charge in [0.15, 0.2) is 0 Å². The van der Waals surface area contributed by atoms with Crippen LogP contribution in [0.15, 0.2) is 0 Å². The van der Waals surface area contributed by atoms with Crippen molar-refractivity contribution in [1.29, 1.82) is 0 Å². The SMILES string of the molecule is Cc1nc(NN)nc(NC(C)(C)CC(C)(C)C)c1[N+](=O)[O-]. The van der Waals surface area contributed by atoms with Crippen molar-refractivity contribution >= 4 is 17.5 Å². The van der Waals surface area contributed by atoms with E-state index in [1.807, 2.05) is 13.8 Å². The molecule has 1 heterocycles. The Bertz CT molecular complexity index is 536. The van der Waals surface area contributed by atoms with E-state index >= 15 is 0 Å². The van der Waals surface area contributed by atoms with Crippen LogP contribution in [0.1, 0.15) is 46.7 Å². The summed E-state index contributed by atoms with van der Waals surface area (Å²) in [5.41, 5.74) is 2.16. The Morgan fingerprint density at radius 3 is 2.24 bits per heavy atom. The van der Waals surface area contributed by atoms with Crippen molar-refractivity contribution in [3.63, 3.8) is 0 Å². The molecule has 0 radical (unpaired) electrons. The third-order valence-corrected chi connectivity index (χ3v) is 2.80. The number of aryl methyl sites for hydroxylation is 1. The van der Waals surface area contributed by atoms with E-state index < -0.39 is 4.92 Å². The average Bonchev–Trinajstić information content (AvgIpc) is 2.23. The van der Waals surface area contributed by atoms with Crippen molar-refractivity contribution in [2.45, 2.75) is 53.5 Å². The smallest absolute Gasteiger partial charge is 0.332 e. The molecule has 0 aliphatic rings. The van der Waals surface area contributed by atoms with Gasteiger partial charge in [0.1, 0.15) is 5.69 Å². The number of nitro groups is 1. The molecule has 4 N–H and O–H groups in total. The summed E-state index contributed by atoms with van der Waals surface area (Å²) in [5, 5.41) is 14.4. The zero-order valence-electron chi connectivity index (χ0n) is 13.4. The van der Waals surface area contributed by atoms with E-state index in [2.05, 4.69) is 41.5 Å². The molecule has 8 nitrogen and oxygen atoms in total. The van der Waals surface area contributed by atoms with E-state index in [0.717, 1.165) is 6.42 Å². The van der Waals surface area contributed by atoms with Crippen LogP contribution in [0.3, 0.4) is 0 Å². The lowest BCUT2D eigenvalue weighted by atomic mass is 9.82. The minimum atomic E-state index is -0.481. The van der Waals surface area contributed by atoms with E-state index in [1.54, 1.807) is 6.92 Å². The van der Waals surface area contributed by atoms with E-state index in [9.17, 15) is 10.1 Å². The first-order valence-corrected chi connectivity index (χ1v) is 6.73. The normalized spacial score (nSPS) is 12.1. The molecule has 1 aromatic heterocycles. The van der Waals surface area contributed by atoms with Crippen molar-refractivity contribution in [1.82, 2.24) is 9.97 Å². The van der Waals surface area contributed by atoms with Gasteiger partial charge in [0.2, 0.25) is 11.8 Å². The lowest BCUT2D eigenvalue weighted by Crippen LogP contribution is -2.36. The third-order valence-electron chi connectivity index (χ3n) is 2.80. The zero-order valence-corrected chi connectivity index (χ0v) is 13.4. The minimum absolute atomic E-state index is 0.0717. The second-order valence-corrected chi connectivity index (χ2v) is 6.98. The molecule has 0 aromatic carbocycles. The van der Waals surface area contributed by atoms with Crippen LogP contribution in [0.25, 0.3) is 0 Å². The number of aromatic nitrogens is 2. The first-order valence-electron chi connectivity index (χ1n) is 6.73. The molecule has 0 atom stereocenters. The van der Waals surface area contributed by atoms with Crippen LogP contribution < -0.4 is 16.6 Å². The van der Waals surface area contributed by atoms with Gasteiger partial charge in [-0.05, 0) is 32.6 Å². The predicted octanol–water partition coefficient (Wildman–Crippen LogP) is 2.61. The highest BCUT2D eigenvalue weighted by molar-refractivity contribution is 5.61. The average molecular weight is 296 g/mol. The van der Waals surface area contributed by atoms with Gasteiger partial charge in [-0.2, -0.15) is 4.98 Å². The molecule has 1 rings (SSSR count). The summed E-state index contributed by atoms with van der Waals surface area (Å²) in [6.45, 7) is 11.9. The number of rotatable bonds is 5. The van der Waals surface area contributed by atoms with Gasteiger partial charge in [-0.25, -0.2) is 10.8 Å². The second-order valence-electron chi connectivity index (χ2n) is 6.98. The molecule has 0 amide bonds. The largest absolute Gasteiger partial charge is 0.359 e. The first-order chi connectivity index (χ1) is 9.45. The molecule has 0 aliphatic heterocycles. The van der Waals surface area contributed by atoms with Crippen molar-refractivity contribution in [3.8, 4) is 0 Å². The fourth-order valence-electron chi connectivity index (χ4n) is 2.63. The van der Waals surface area contributed by atoms with Gasteiger partial charge in [0.05, 0.1) is 4.92 Å². The Morgan fingerprint density at radius 2 is 1.81 bits per heavy atom. The summed E-state index contributed by atoms with van der Waals surface area (Å²) in [6, 6.07) is 0. The van der Waals surface area contributed by atoms with Gasteiger partial charge in [-0.15, -0.1) is 0 Å². The predicted molar refractivity (Wildman–Crippen MR) is 83.0 cm³/mol. The molecule has 0 bridgehead atoms. The van der Waals surface area contributed by atoms with Crippen LogP contribution in [-0.2, 0) is 0 Å². The maximum absolute atomic E-state index is 11.2. The Kier molecular flexibility index (Phi) is 4.72. The maximum atomic E-state index is 11.2. The maximum Gasteiger partial charge on any atom is 0.332 e. The molecule has 118 valence electrons. The highest BCUT2D eigenvalue weighted by Gasteiger charge is 2.30. The van der Waals surface area contributed by atoms with Crippen molar-refractivity contribution in [2.75, 3.05) is 10.7 Å². The Labute approximate surface area is 124 Å². The van der Waals surface area contributed by atoms with Crippen LogP contribution in [0.4, 0.5) is 17.5 Å². The Balaban J connectivity index is 3.22. The van der Waals surface area contributed by atoms with E-state index in [4.69, 9.17) is 5.84 Å². The van der Waals surface area contributed by atoms with E-state index in [-0.39, 0.29) is 34.1 Å². The number of hydrazine groups is 1. The summed E-state index contributed by atoms with van der Waals surface area (Å²) in [7, 11) is 0. The Morgan fingerprint density at radius 1 is 1.24 bits per heavy atom. The second kappa shape index (κ2) is 5.80. The monoisotopic (exact) mass is 296 g/mol. The molecule has 0 fully saturated rings. The van der Waals surface area contributed by atoms with Crippen LogP contribution in [0, 0.1) is 22.5 Å². The quantitative estimate of drug-likeness (QED) is 0.434. The Hall–Kier alpha value is -1.96. The molecule has 0 spiro atoms. The molecule has 8 heteroatoms. The molecule has 21 heavy (non-hydrogen) atoms. The summed E-state index contributed by atoms with van der Waals surface area (Å²) in [4.78, 5) is 18.8. The minimum Gasteiger partial charge on any atom is -0.359 e.